The lowest BCUT2D eigenvalue weighted by Gasteiger charge is -2.17. The van der Waals surface area contributed by atoms with Gasteiger partial charge in [0.1, 0.15) is 0 Å². The smallest absolute Gasteiger partial charge is 0.0604 e. The van der Waals surface area contributed by atoms with Crippen molar-refractivity contribution in [1.29, 1.82) is 0 Å². The van der Waals surface area contributed by atoms with Crippen molar-refractivity contribution in [2.75, 3.05) is 0 Å². The first-order valence-electron chi connectivity index (χ1n) is 5.00. The second-order valence-corrected chi connectivity index (χ2v) is 3.86. The Labute approximate surface area is 74.7 Å². The van der Waals surface area contributed by atoms with Crippen LogP contribution >= 0.6 is 0 Å². The zero-order valence-corrected chi connectivity index (χ0v) is 8.08. The van der Waals surface area contributed by atoms with Crippen molar-refractivity contribution in [1.82, 2.24) is 0 Å². The lowest BCUT2D eigenvalue weighted by atomic mass is 9.88. The average molecular weight is 169 g/mol. The van der Waals surface area contributed by atoms with Gasteiger partial charge in [-0.15, -0.1) is 0 Å². The van der Waals surface area contributed by atoms with Crippen LogP contribution in [0.2, 0.25) is 0 Å². The van der Waals surface area contributed by atoms with Gasteiger partial charge in [-0.1, -0.05) is 31.8 Å². The largest absolute Gasteiger partial charge is 0.411 e. The Hall–Kier alpha value is -0.530. The molecule has 1 aliphatic carbocycles. The van der Waals surface area contributed by atoms with Gasteiger partial charge in [0.25, 0.3) is 0 Å². The predicted molar refractivity (Wildman–Crippen MR) is 50.6 cm³/mol. The molecule has 0 aromatic rings. The summed E-state index contributed by atoms with van der Waals surface area (Å²) < 4.78 is 0. The van der Waals surface area contributed by atoms with Crippen LogP contribution in [0.5, 0.6) is 0 Å². The molecule has 0 aromatic carbocycles. The minimum Gasteiger partial charge on any atom is -0.411 e. The van der Waals surface area contributed by atoms with Gasteiger partial charge >= 0.3 is 0 Å². The highest BCUT2D eigenvalue weighted by atomic mass is 16.4. The highest BCUT2D eigenvalue weighted by Crippen LogP contribution is 2.31. The second-order valence-electron chi connectivity index (χ2n) is 3.86. The van der Waals surface area contributed by atoms with E-state index in [-0.39, 0.29) is 0 Å². The molecule has 0 saturated heterocycles. The van der Waals surface area contributed by atoms with Crippen LogP contribution in [0.4, 0.5) is 0 Å². The van der Waals surface area contributed by atoms with Crippen LogP contribution in [-0.4, -0.2) is 10.9 Å². The quantitative estimate of drug-likeness (QED) is 0.511. The van der Waals surface area contributed by atoms with E-state index in [1.165, 1.54) is 25.7 Å². The van der Waals surface area contributed by atoms with Crippen LogP contribution in [-0.2, 0) is 0 Å². The van der Waals surface area contributed by atoms with Crippen molar-refractivity contribution < 1.29 is 5.21 Å². The molecule has 0 heterocycles. The Bertz CT molecular complexity index is 165. The lowest BCUT2D eigenvalue weighted by Crippen LogP contribution is -2.16. The first kappa shape index (κ1) is 9.56. The van der Waals surface area contributed by atoms with E-state index in [0.717, 1.165) is 12.1 Å². The summed E-state index contributed by atoms with van der Waals surface area (Å²) in [6, 6.07) is 0. The first-order valence-corrected chi connectivity index (χ1v) is 5.00. The molecule has 1 N–H and O–H groups in total. The van der Waals surface area contributed by atoms with Crippen molar-refractivity contribution in [3.63, 3.8) is 0 Å². The Morgan fingerprint density at radius 2 is 2.42 bits per heavy atom. The number of hydrogen-bond donors (Lipinski definition) is 1. The van der Waals surface area contributed by atoms with E-state index in [1.807, 2.05) is 0 Å². The summed E-state index contributed by atoms with van der Waals surface area (Å²) in [6.07, 6.45) is 5.92. The maximum Gasteiger partial charge on any atom is 0.0604 e. The Morgan fingerprint density at radius 3 is 3.00 bits per heavy atom. The Kier molecular flexibility index (Phi) is 3.57. The average Bonchev–Trinajstić information content (AvgIpc) is 2.51. The van der Waals surface area contributed by atoms with E-state index in [2.05, 4.69) is 19.0 Å². The van der Waals surface area contributed by atoms with Gasteiger partial charge in [-0.2, -0.15) is 0 Å². The molecule has 0 radical (unpaired) electrons. The van der Waals surface area contributed by atoms with E-state index in [1.54, 1.807) is 0 Å². The molecule has 1 fully saturated rings. The van der Waals surface area contributed by atoms with Gasteiger partial charge in [0.15, 0.2) is 0 Å². The minimum absolute atomic E-state index is 0.565. The van der Waals surface area contributed by atoms with Gasteiger partial charge in [0.05, 0.1) is 5.71 Å². The van der Waals surface area contributed by atoms with Crippen molar-refractivity contribution in [3.8, 4) is 0 Å². The highest BCUT2D eigenvalue weighted by Gasteiger charge is 2.27. The molecule has 1 aliphatic rings. The second kappa shape index (κ2) is 4.48. The Morgan fingerprint density at radius 1 is 1.67 bits per heavy atom. The molecule has 1 rings (SSSR count). The van der Waals surface area contributed by atoms with Crippen molar-refractivity contribution in [3.05, 3.63) is 0 Å². The number of nitrogens with zero attached hydrogens (tertiary/aromatic N) is 1. The van der Waals surface area contributed by atoms with E-state index in [9.17, 15) is 0 Å². The van der Waals surface area contributed by atoms with Gasteiger partial charge in [0.2, 0.25) is 0 Å². The summed E-state index contributed by atoms with van der Waals surface area (Å²) >= 11 is 0. The minimum atomic E-state index is 0.565. The van der Waals surface area contributed by atoms with Crippen LogP contribution < -0.4 is 0 Å². The fourth-order valence-corrected chi connectivity index (χ4v) is 2.25. The van der Waals surface area contributed by atoms with Gasteiger partial charge in [-0.3, -0.25) is 0 Å². The molecule has 0 spiro atoms. The molecule has 2 atom stereocenters. The third kappa shape index (κ3) is 1.99. The predicted octanol–water partition coefficient (Wildman–Crippen LogP) is 3.05. The third-order valence-electron chi connectivity index (χ3n) is 2.94. The normalized spacial score (nSPS) is 29.5. The van der Waals surface area contributed by atoms with Crippen LogP contribution in [0, 0.1) is 11.8 Å². The molecule has 0 bridgehead atoms. The third-order valence-corrected chi connectivity index (χ3v) is 2.94. The molecule has 1 saturated carbocycles. The Balaban J connectivity index is 2.49. The van der Waals surface area contributed by atoms with Gasteiger partial charge < -0.3 is 5.21 Å². The monoisotopic (exact) mass is 169 g/mol. The number of hydrogen-bond acceptors (Lipinski definition) is 2. The molecule has 2 unspecified atom stereocenters. The van der Waals surface area contributed by atoms with Crippen LogP contribution in [0.25, 0.3) is 0 Å². The van der Waals surface area contributed by atoms with Gasteiger partial charge in [-0.25, -0.2) is 0 Å². The van der Waals surface area contributed by atoms with E-state index < -0.39 is 0 Å². The summed E-state index contributed by atoms with van der Waals surface area (Å²) in [6.45, 7) is 4.48. The van der Waals surface area contributed by atoms with Crippen LogP contribution in [0.15, 0.2) is 5.16 Å². The fraction of sp³-hybridized carbons (Fsp3) is 0.900. The molecule has 2 heteroatoms. The van der Waals surface area contributed by atoms with Crippen LogP contribution in [0.1, 0.15) is 46.0 Å². The molecule has 70 valence electrons. The van der Waals surface area contributed by atoms with Crippen LogP contribution in [0.3, 0.4) is 0 Å². The summed E-state index contributed by atoms with van der Waals surface area (Å²) in [4.78, 5) is 0. The summed E-state index contributed by atoms with van der Waals surface area (Å²) in [5, 5.41) is 12.1. The topological polar surface area (TPSA) is 32.6 Å². The zero-order chi connectivity index (χ0) is 8.97. The summed E-state index contributed by atoms with van der Waals surface area (Å²) in [5.41, 5.74) is 1.04. The molecule has 0 aliphatic heterocycles. The lowest BCUT2D eigenvalue weighted by molar-refractivity contribution is 0.309. The molecule has 0 aromatic heterocycles. The summed E-state index contributed by atoms with van der Waals surface area (Å²) in [5.74, 6) is 1.26. The van der Waals surface area contributed by atoms with E-state index >= 15 is 0 Å². The molecule has 12 heavy (non-hydrogen) atoms. The van der Waals surface area contributed by atoms with E-state index in [4.69, 9.17) is 5.21 Å². The number of rotatable bonds is 3. The van der Waals surface area contributed by atoms with Crippen molar-refractivity contribution in [2.45, 2.75) is 46.0 Å². The molecular weight excluding hydrogens is 150 g/mol. The number of oxime groups is 1. The standard InChI is InChI=1S/C10H19NO/c1-3-5-8(2)9-6-4-7-10(9)11-12/h8-9,12H,3-7H2,1-2H3. The van der Waals surface area contributed by atoms with Gasteiger partial charge in [-0.05, 0) is 25.2 Å². The zero-order valence-electron chi connectivity index (χ0n) is 8.08. The highest BCUT2D eigenvalue weighted by molar-refractivity contribution is 5.88. The molecule has 2 nitrogen and oxygen atoms in total. The summed E-state index contributed by atoms with van der Waals surface area (Å²) in [7, 11) is 0. The van der Waals surface area contributed by atoms with E-state index in [0.29, 0.717) is 11.8 Å². The van der Waals surface area contributed by atoms with Crippen molar-refractivity contribution >= 4 is 5.71 Å². The molecule has 0 amide bonds. The van der Waals surface area contributed by atoms with Crippen molar-refractivity contribution in [2.24, 2.45) is 17.0 Å². The fourth-order valence-electron chi connectivity index (χ4n) is 2.25. The van der Waals surface area contributed by atoms with Gasteiger partial charge in [0, 0.05) is 5.92 Å². The first-order chi connectivity index (χ1) is 5.79. The SMILES string of the molecule is CCCC(C)C1CCCC1=NO. The maximum absolute atomic E-state index is 8.74. The maximum atomic E-state index is 8.74. The molecular formula is C10H19NO.